The van der Waals surface area contributed by atoms with Gasteiger partial charge in [-0.05, 0) is 25.7 Å². The second-order valence-electron chi connectivity index (χ2n) is 3.15. The molecule has 0 aromatic heterocycles. The van der Waals surface area contributed by atoms with Crippen LogP contribution in [0.5, 0.6) is 0 Å². The van der Waals surface area contributed by atoms with Crippen LogP contribution >= 0.6 is 0 Å². The van der Waals surface area contributed by atoms with Crippen molar-refractivity contribution in [3.05, 3.63) is 12.2 Å². The molecule has 3 atom stereocenters. The molecule has 2 heteroatoms. The molecule has 0 spiro atoms. The van der Waals surface area contributed by atoms with Crippen LogP contribution in [0, 0.1) is 5.92 Å². The Morgan fingerprint density at radius 1 is 1.40 bits per heavy atom. The minimum Gasteiger partial charge on any atom is -0.327 e. The number of hydrogen-bond donors (Lipinski definition) is 2. The first kappa shape index (κ1) is 7.76. The summed E-state index contributed by atoms with van der Waals surface area (Å²) in [5.74, 6) is 0.555. The van der Waals surface area contributed by atoms with Crippen LogP contribution in [0.15, 0.2) is 12.2 Å². The maximum atomic E-state index is 5.72. The quantitative estimate of drug-likeness (QED) is 0.525. The van der Waals surface area contributed by atoms with Gasteiger partial charge in [-0.25, -0.2) is 0 Å². The van der Waals surface area contributed by atoms with Gasteiger partial charge in [0.25, 0.3) is 0 Å². The van der Waals surface area contributed by atoms with Gasteiger partial charge in [0.05, 0.1) is 0 Å². The SMILES string of the molecule is CC(N)C1C=CC(N)CC1. The van der Waals surface area contributed by atoms with Gasteiger partial charge in [-0.15, -0.1) is 0 Å². The van der Waals surface area contributed by atoms with Crippen LogP contribution in [-0.2, 0) is 0 Å². The van der Waals surface area contributed by atoms with Crippen LogP contribution in [0.3, 0.4) is 0 Å². The first-order valence-electron chi connectivity index (χ1n) is 3.89. The van der Waals surface area contributed by atoms with Crippen molar-refractivity contribution in [1.29, 1.82) is 0 Å². The maximum absolute atomic E-state index is 5.72. The van der Waals surface area contributed by atoms with Gasteiger partial charge >= 0.3 is 0 Å². The van der Waals surface area contributed by atoms with Crippen LogP contribution in [0.25, 0.3) is 0 Å². The third kappa shape index (κ3) is 1.82. The first-order chi connectivity index (χ1) is 4.70. The first-order valence-corrected chi connectivity index (χ1v) is 3.89. The van der Waals surface area contributed by atoms with Crippen molar-refractivity contribution in [3.63, 3.8) is 0 Å². The van der Waals surface area contributed by atoms with Gasteiger partial charge in [0.15, 0.2) is 0 Å². The largest absolute Gasteiger partial charge is 0.327 e. The van der Waals surface area contributed by atoms with Crippen LogP contribution in [0.1, 0.15) is 19.8 Å². The van der Waals surface area contributed by atoms with Crippen LogP contribution in [0.4, 0.5) is 0 Å². The van der Waals surface area contributed by atoms with Crippen molar-refractivity contribution in [3.8, 4) is 0 Å². The Morgan fingerprint density at radius 3 is 2.50 bits per heavy atom. The van der Waals surface area contributed by atoms with E-state index < -0.39 is 0 Å². The van der Waals surface area contributed by atoms with E-state index in [0.717, 1.165) is 12.8 Å². The normalized spacial score (nSPS) is 35.9. The minimum absolute atomic E-state index is 0.273. The van der Waals surface area contributed by atoms with Crippen LogP contribution in [0.2, 0.25) is 0 Å². The van der Waals surface area contributed by atoms with Crippen molar-refractivity contribution in [2.24, 2.45) is 17.4 Å². The maximum Gasteiger partial charge on any atom is 0.0223 e. The molecule has 0 aliphatic heterocycles. The number of hydrogen-bond acceptors (Lipinski definition) is 2. The number of nitrogens with two attached hydrogens (primary N) is 2. The molecule has 4 N–H and O–H groups in total. The van der Waals surface area contributed by atoms with Gasteiger partial charge in [0, 0.05) is 12.1 Å². The molecule has 3 unspecified atom stereocenters. The zero-order valence-corrected chi connectivity index (χ0v) is 6.46. The summed E-state index contributed by atoms with van der Waals surface area (Å²) in [5.41, 5.74) is 11.4. The summed E-state index contributed by atoms with van der Waals surface area (Å²) in [6, 6.07) is 0.554. The fraction of sp³-hybridized carbons (Fsp3) is 0.750. The van der Waals surface area contributed by atoms with E-state index in [1.54, 1.807) is 0 Å². The van der Waals surface area contributed by atoms with Crippen molar-refractivity contribution >= 4 is 0 Å². The van der Waals surface area contributed by atoms with Crippen molar-refractivity contribution in [2.45, 2.75) is 31.8 Å². The second-order valence-corrected chi connectivity index (χ2v) is 3.15. The summed E-state index contributed by atoms with van der Waals surface area (Å²) in [5, 5.41) is 0. The van der Waals surface area contributed by atoms with Gasteiger partial charge in [0.2, 0.25) is 0 Å². The predicted octanol–water partition coefficient (Wildman–Crippen LogP) is 0.627. The zero-order chi connectivity index (χ0) is 7.56. The monoisotopic (exact) mass is 140 g/mol. The van der Waals surface area contributed by atoms with E-state index in [4.69, 9.17) is 11.5 Å². The Kier molecular flexibility index (Phi) is 2.46. The zero-order valence-electron chi connectivity index (χ0n) is 6.46. The Balaban J connectivity index is 2.45. The molecule has 1 aliphatic rings. The molecule has 0 amide bonds. The van der Waals surface area contributed by atoms with Gasteiger partial charge in [-0.3, -0.25) is 0 Å². The Labute approximate surface area is 62.3 Å². The molecule has 0 bridgehead atoms. The molecule has 1 rings (SSSR count). The van der Waals surface area contributed by atoms with Crippen molar-refractivity contribution < 1.29 is 0 Å². The highest BCUT2D eigenvalue weighted by Gasteiger charge is 2.15. The highest BCUT2D eigenvalue weighted by atomic mass is 14.7. The van der Waals surface area contributed by atoms with Crippen LogP contribution < -0.4 is 11.5 Å². The molecular formula is C8H16N2. The molecule has 0 aromatic carbocycles. The molecule has 1 aliphatic carbocycles. The lowest BCUT2D eigenvalue weighted by atomic mass is 9.89. The van der Waals surface area contributed by atoms with E-state index in [1.807, 2.05) is 6.92 Å². The van der Waals surface area contributed by atoms with Gasteiger partial charge in [-0.1, -0.05) is 12.2 Å². The third-order valence-corrected chi connectivity index (χ3v) is 2.11. The van der Waals surface area contributed by atoms with Crippen LogP contribution in [-0.4, -0.2) is 12.1 Å². The summed E-state index contributed by atoms with van der Waals surface area (Å²) in [6.45, 7) is 2.05. The standard InChI is InChI=1S/C8H16N2/c1-6(9)7-2-4-8(10)5-3-7/h2,4,6-8H,3,5,9-10H2,1H3. The topological polar surface area (TPSA) is 52.0 Å². The van der Waals surface area contributed by atoms with E-state index in [0.29, 0.717) is 5.92 Å². The van der Waals surface area contributed by atoms with E-state index in [2.05, 4.69) is 12.2 Å². The highest BCUT2D eigenvalue weighted by molar-refractivity contribution is 5.02. The van der Waals surface area contributed by atoms with Gasteiger partial charge < -0.3 is 11.5 Å². The fourth-order valence-corrected chi connectivity index (χ4v) is 1.30. The van der Waals surface area contributed by atoms with E-state index in [1.165, 1.54) is 0 Å². The molecule has 0 radical (unpaired) electrons. The second kappa shape index (κ2) is 3.17. The minimum atomic E-state index is 0.273. The highest BCUT2D eigenvalue weighted by Crippen LogP contribution is 2.18. The molecule has 0 saturated carbocycles. The summed E-state index contributed by atoms with van der Waals surface area (Å²) in [7, 11) is 0. The summed E-state index contributed by atoms with van der Waals surface area (Å²) in [4.78, 5) is 0. The molecule has 0 aromatic rings. The lowest BCUT2D eigenvalue weighted by molar-refractivity contribution is 0.448. The molecule has 0 fully saturated rings. The summed E-state index contributed by atoms with van der Waals surface area (Å²) >= 11 is 0. The molecule has 2 nitrogen and oxygen atoms in total. The van der Waals surface area contributed by atoms with Crippen molar-refractivity contribution in [2.75, 3.05) is 0 Å². The van der Waals surface area contributed by atoms with E-state index >= 15 is 0 Å². The fourth-order valence-electron chi connectivity index (χ4n) is 1.30. The number of rotatable bonds is 1. The lowest BCUT2D eigenvalue weighted by Crippen LogP contribution is -2.30. The average Bonchev–Trinajstić information content (AvgIpc) is 1.88. The molecule has 0 heterocycles. The van der Waals surface area contributed by atoms with E-state index in [9.17, 15) is 0 Å². The molecule has 0 saturated heterocycles. The predicted molar refractivity (Wildman–Crippen MR) is 43.5 cm³/mol. The summed E-state index contributed by atoms with van der Waals surface area (Å²) < 4.78 is 0. The van der Waals surface area contributed by atoms with Crippen molar-refractivity contribution in [1.82, 2.24) is 0 Å². The Hall–Kier alpha value is -0.340. The van der Waals surface area contributed by atoms with Gasteiger partial charge in [-0.2, -0.15) is 0 Å². The average molecular weight is 140 g/mol. The van der Waals surface area contributed by atoms with E-state index in [-0.39, 0.29) is 12.1 Å². The van der Waals surface area contributed by atoms with Gasteiger partial charge in [0.1, 0.15) is 0 Å². The molecule has 58 valence electrons. The Morgan fingerprint density at radius 2 is 2.10 bits per heavy atom. The molecule has 10 heavy (non-hydrogen) atoms. The molecular weight excluding hydrogens is 124 g/mol. The Bertz CT molecular complexity index is 129. The smallest absolute Gasteiger partial charge is 0.0223 e. The summed E-state index contributed by atoms with van der Waals surface area (Å²) in [6.07, 6.45) is 6.45. The lowest BCUT2D eigenvalue weighted by Gasteiger charge is -2.22. The third-order valence-electron chi connectivity index (χ3n) is 2.11.